The molecule has 8 heteroatoms. The van der Waals surface area contributed by atoms with Crippen molar-refractivity contribution in [3.63, 3.8) is 0 Å². The number of aromatic nitrogens is 7. The molecule has 6 heterocycles. The maximum absolute atomic E-state index is 5.89. The number of aromatic amines is 2. The van der Waals surface area contributed by atoms with Crippen LogP contribution in [0.4, 0.5) is 5.69 Å². The standard InChI is InChI=1S/C23H16N8/c24-15-8-14(11-26-12-15)17-3-4-19-22(29-17)23(31-30-19)20-9-16-18(28-20)5-7-27-21(16)13-2-1-6-25-10-13/h1-12,28H,24H2,(H,30,31). The first-order chi connectivity index (χ1) is 15.3. The fourth-order valence-corrected chi connectivity index (χ4v) is 3.76. The number of hydrogen-bond acceptors (Lipinski definition) is 6. The van der Waals surface area contributed by atoms with Gasteiger partial charge in [-0.25, -0.2) is 4.98 Å². The molecule has 31 heavy (non-hydrogen) atoms. The normalized spacial score (nSPS) is 11.4. The zero-order chi connectivity index (χ0) is 20.8. The number of fused-ring (bicyclic) bond motifs is 2. The van der Waals surface area contributed by atoms with Crippen molar-refractivity contribution in [2.75, 3.05) is 5.73 Å². The highest BCUT2D eigenvalue weighted by Crippen LogP contribution is 2.32. The third-order valence-electron chi connectivity index (χ3n) is 5.20. The molecule has 0 fully saturated rings. The SMILES string of the molecule is Nc1cncc(-c2ccc3[nH]nc(-c4cc5c(-c6cccnc6)nccc5[nH]4)c3n2)c1. The van der Waals surface area contributed by atoms with Gasteiger partial charge in [0.05, 0.1) is 28.3 Å². The van der Waals surface area contributed by atoms with Gasteiger partial charge in [-0.15, -0.1) is 0 Å². The molecule has 6 aromatic heterocycles. The van der Waals surface area contributed by atoms with E-state index in [0.29, 0.717) is 5.69 Å². The maximum atomic E-state index is 5.89. The van der Waals surface area contributed by atoms with Crippen molar-refractivity contribution in [3.8, 4) is 33.9 Å². The summed E-state index contributed by atoms with van der Waals surface area (Å²) >= 11 is 0. The molecular formula is C23H16N8. The predicted molar refractivity (Wildman–Crippen MR) is 120 cm³/mol. The average Bonchev–Trinajstić information content (AvgIpc) is 3.43. The highest BCUT2D eigenvalue weighted by atomic mass is 15.1. The van der Waals surface area contributed by atoms with Gasteiger partial charge in [0.1, 0.15) is 11.2 Å². The summed E-state index contributed by atoms with van der Waals surface area (Å²) in [7, 11) is 0. The van der Waals surface area contributed by atoms with Gasteiger partial charge in [-0.05, 0) is 42.5 Å². The zero-order valence-corrected chi connectivity index (χ0v) is 16.2. The van der Waals surface area contributed by atoms with E-state index in [1.54, 1.807) is 24.8 Å². The van der Waals surface area contributed by atoms with Crippen molar-refractivity contribution in [3.05, 3.63) is 73.4 Å². The van der Waals surface area contributed by atoms with E-state index in [4.69, 9.17) is 10.7 Å². The van der Waals surface area contributed by atoms with Crippen molar-refractivity contribution in [1.82, 2.24) is 35.1 Å². The van der Waals surface area contributed by atoms with Crippen molar-refractivity contribution >= 4 is 27.6 Å². The van der Waals surface area contributed by atoms with Crippen molar-refractivity contribution in [1.29, 1.82) is 0 Å². The van der Waals surface area contributed by atoms with Gasteiger partial charge < -0.3 is 10.7 Å². The zero-order valence-electron chi connectivity index (χ0n) is 16.2. The second kappa shape index (κ2) is 6.74. The Bertz CT molecular complexity index is 1550. The molecule has 0 saturated heterocycles. The minimum absolute atomic E-state index is 0.595. The summed E-state index contributed by atoms with van der Waals surface area (Å²) in [5, 5.41) is 8.59. The van der Waals surface area contributed by atoms with E-state index >= 15 is 0 Å². The van der Waals surface area contributed by atoms with Crippen LogP contribution in [-0.4, -0.2) is 35.1 Å². The Morgan fingerprint density at radius 2 is 1.74 bits per heavy atom. The average molecular weight is 404 g/mol. The van der Waals surface area contributed by atoms with Crippen molar-refractivity contribution < 1.29 is 0 Å². The number of hydrogen-bond donors (Lipinski definition) is 3. The molecule has 0 bridgehead atoms. The lowest BCUT2D eigenvalue weighted by Crippen LogP contribution is -1.90. The van der Waals surface area contributed by atoms with Crippen LogP contribution < -0.4 is 5.73 Å². The van der Waals surface area contributed by atoms with Crippen LogP contribution in [0.25, 0.3) is 55.8 Å². The Balaban J connectivity index is 1.51. The van der Waals surface area contributed by atoms with E-state index in [1.165, 1.54) is 0 Å². The molecule has 8 nitrogen and oxygen atoms in total. The molecule has 0 aliphatic heterocycles. The Labute approximate surface area is 176 Å². The monoisotopic (exact) mass is 404 g/mol. The summed E-state index contributed by atoms with van der Waals surface area (Å²) in [6.45, 7) is 0. The second-order valence-corrected chi connectivity index (χ2v) is 7.22. The first-order valence-electron chi connectivity index (χ1n) is 9.71. The van der Waals surface area contributed by atoms with Crippen LogP contribution in [0.3, 0.4) is 0 Å². The predicted octanol–water partition coefficient (Wildman–Crippen LogP) is 4.21. The molecule has 0 aromatic carbocycles. The molecule has 0 atom stereocenters. The largest absolute Gasteiger partial charge is 0.397 e. The lowest BCUT2D eigenvalue weighted by Gasteiger charge is -2.02. The number of nitrogens with zero attached hydrogens (tertiary/aromatic N) is 5. The van der Waals surface area contributed by atoms with Crippen LogP contribution >= 0.6 is 0 Å². The summed E-state index contributed by atoms with van der Waals surface area (Å²) in [4.78, 5) is 21.3. The summed E-state index contributed by atoms with van der Waals surface area (Å²) in [5.74, 6) is 0. The van der Waals surface area contributed by atoms with Crippen LogP contribution in [0.1, 0.15) is 0 Å². The molecule has 0 unspecified atom stereocenters. The lowest BCUT2D eigenvalue weighted by atomic mass is 10.1. The molecule has 4 N–H and O–H groups in total. The van der Waals surface area contributed by atoms with E-state index in [2.05, 4.69) is 36.2 Å². The van der Waals surface area contributed by atoms with Crippen LogP contribution in [-0.2, 0) is 0 Å². The number of nitrogens with one attached hydrogen (secondary N) is 2. The molecule has 0 spiro atoms. The number of anilines is 1. The first-order valence-corrected chi connectivity index (χ1v) is 9.71. The number of nitrogens with two attached hydrogens (primary N) is 1. The first kappa shape index (κ1) is 17.3. The van der Waals surface area contributed by atoms with E-state index < -0.39 is 0 Å². The quantitative estimate of drug-likeness (QED) is 0.406. The van der Waals surface area contributed by atoms with Crippen LogP contribution in [0.5, 0.6) is 0 Å². The molecule has 0 radical (unpaired) electrons. The molecular weight excluding hydrogens is 388 g/mol. The molecule has 0 amide bonds. The number of nitrogen functional groups attached to an aromatic ring is 1. The fourth-order valence-electron chi connectivity index (χ4n) is 3.76. The topological polar surface area (TPSA) is 122 Å². The van der Waals surface area contributed by atoms with E-state index in [1.807, 2.05) is 42.6 Å². The molecule has 0 saturated carbocycles. The van der Waals surface area contributed by atoms with Crippen molar-refractivity contribution in [2.24, 2.45) is 0 Å². The Kier molecular flexibility index (Phi) is 3.76. The minimum Gasteiger partial charge on any atom is -0.397 e. The summed E-state index contributed by atoms with van der Waals surface area (Å²) in [6, 6.07) is 13.6. The molecule has 0 aliphatic carbocycles. The molecule has 6 aromatic rings. The van der Waals surface area contributed by atoms with Crippen LogP contribution in [0.15, 0.2) is 73.4 Å². The van der Waals surface area contributed by atoms with E-state index in [-0.39, 0.29) is 0 Å². The fraction of sp³-hybridized carbons (Fsp3) is 0. The smallest absolute Gasteiger partial charge is 0.135 e. The van der Waals surface area contributed by atoms with Gasteiger partial charge >= 0.3 is 0 Å². The third kappa shape index (κ3) is 2.89. The summed E-state index contributed by atoms with van der Waals surface area (Å²) in [5.41, 5.74) is 14.1. The van der Waals surface area contributed by atoms with Gasteiger partial charge in [0, 0.05) is 53.0 Å². The van der Waals surface area contributed by atoms with Crippen LogP contribution in [0, 0.1) is 0 Å². The second-order valence-electron chi connectivity index (χ2n) is 7.22. The number of rotatable bonds is 3. The van der Waals surface area contributed by atoms with Gasteiger partial charge in [-0.2, -0.15) is 5.10 Å². The van der Waals surface area contributed by atoms with Crippen molar-refractivity contribution in [2.45, 2.75) is 0 Å². The van der Waals surface area contributed by atoms with Crippen LogP contribution in [0.2, 0.25) is 0 Å². The number of H-pyrrole nitrogens is 2. The molecule has 6 rings (SSSR count). The number of pyridine rings is 4. The molecule has 0 aliphatic rings. The van der Waals surface area contributed by atoms with E-state index in [9.17, 15) is 0 Å². The highest BCUT2D eigenvalue weighted by molar-refractivity contribution is 5.99. The van der Waals surface area contributed by atoms with Gasteiger partial charge in [-0.3, -0.25) is 20.1 Å². The maximum Gasteiger partial charge on any atom is 0.135 e. The Hall–Kier alpha value is -4.59. The highest BCUT2D eigenvalue weighted by Gasteiger charge is 2.16. The summed E-state index contributed by atoms with van der Waals surface area (Å²) < 4.78 is 0. The van der Waals surface area contributed by atoms with Gasteiger partial charge in [-0.1, -0.05) is 0 Å². The molecule has 148 valence electrons. The summed E-state index contributed by atoms with van der Waals surface area (Å²) in [6.07, 6.45) is 8.71. The van der Waals surface area contributed by atoms with Gasteiger partial charge in [0.15, 0.2) is 0 Å². The van der Waals surface area contributed by atoms with Gasteiger partial charge in [0.25, 0.3) is 0 Å². The third-order valence-corrected chi connectivity index (χ3v) is 5.20. The van der Waals surface area contributed by atoms with E-state index in [0.717, 1.165) is 55.8 Å². The Morgan fingerprint density at radius 1 is 0.806 bits per heavy atom. The van der Waals surface area contributed by atoms with Gasteiger partial charge in [0.2, 0.25) is 0 Å². The lowest BCUT2D eigenvalue weighted by molar-refractivity contribution is 1.12. The Morgan fingerprint density at radius 3 is 2.61 bits per heavy atom. The minimum atomic E-state index is 0.595.